The van der Waals surface area contributed by atoms with Crippen molar-refractivity contribution in [2.45, 2.75) is 32.7 Å². The van der Waals surface area contributed by atoms with Crippen molar-refractivity contribution in [2.24, 2.45) is 0 Å². The highest BCUT2D eigenvalue weighted by Gasteiger charge is 2.14. The van der Waals surface area contributed by atoms with E-state index >= 15 is 0 Å². The van der Waals surface area contributed by atoms with E-state index in [0.717, 1.165) is 18.7 Å². The summed E-state index contributed by atoms with van der Waals surface area (Å²) in [6.07, 6.45) is 3.89. The Morgan fingerprint density at radius 3 is 2.81 bits per heavy atom. The summed E-state index contributed by atoms with van der Waals surface area (Å²) in [5, 5.41) is 3.50. The number of nitrogens with zero attached hydrogens (tertiary/aromatic N) is 3. The topological polar surface area (TPSA) is 41.1 Å². The molecule has 1 aromatic rings. The molecular formula is C11H19ClN4. The van der Waals surface area contributed by atoms with Crippen LogP contribution in [0.1, 0.15) is 26.7 Å². The van der Waals surface area contributed by atoms with Crippen LogP contribution in [-0.2, 0) is 0 Å². The lowest BCUT2D eigenvalue weighted by molar-refractivity contribution is 0.611. The van der Waals surface area contributed by atoms with Gasteiger partial charge in [0.05, 0.1) is 6.20 Å². The van der Waals surface area contributed by atoms with Gasteiger partial charge in [-0.2, -0.15) is 4.98 Å². The van der Waals surface area contributed by atoms with Crippen molar-refractivity contribution in [3.8, 4) is 0 Å². The van der Waals surface area contributed by atoms with E-state index in [1.54, 1.807) is 13.2 Å². The van der Waals surface area contributed by atoms with Crippen LogP contribution in [0.4, 0.5) is 11.8 Å². The van der Waals surface area contributed by atoms with E-state index in [1.165, 1.54) is 0 Å². The van der Waals surface area contributed by atoms with Crippen LogP contribution in [0, 0.1) is 0 Å². The third kappa shape index (κ3) is 2.98. The highest BCUT2D eigenvalue weighted by molar-refractivity contribution is 6.32. The second kappa shape index (κ2) is 5.89. The fraction of sp³-hybridized carbons (Fsp3) is 0.636. The third-order valence-electron chi connectivity index (χ3n) is 2.65. The van der Waals surface area contributed by atoms with Crippen LogP contribution in [0.5, 0.6) is 0 Å². The maximum atomic E-state index is 6.10. The van der Waals surface area contributed by atoms with E-state index in [9.17, 15) is 0 Å². The summed E-state index contributed by atoms with van der Waals surface area (Å²) < 4.78 is 0. The molecule has 0 aliphatic carbocycles. The Labute approximate surface area is 102 Å². The smallest absolute Gasteiger partial charge is 0.224 e. The first-order valence-corrected chi connectivity index (χ1v) is 5.91. The molecule has 16 heavy (non-hydrogen) atoms. The van der Waals surface area contributed by atoms with Gasteiger partial charge in [-0.1, -0.05) is 24.9 Å². The molecule has 0 saturated carbocycles. The molecule has 0 spiro atoms. The van der Waals surface area contributed by atoms with Gasteiger partial charge in [0, 0.05) is 20.1 Å². The summed E-state index contributed by atoms with van der Waals surface area (Å²) in [6, 6.07) is 0.419. The lowest BCUT2D eigenvalue weighted by atomic mass is 10.2. The molecule has 1 heterocycles. The van der Waals surface area contributed by atoms with Gasteiger partial charge in [-0.3, -0.25) is 0 Å². The SMILES string of the molecule is CCCC(C)N(C)c1nc(NC)ncc1Cl. The van der Waals surface area contributed by atoms with Crippen LogP contribution in [-0.4, -0.2) is 30.1 Å². The van der Waals surface area contributed by atoms with E-state index in [-0.39, 0.29) is 0 Å². The fourth-order valence-corrected chi connectivity index (χ4v) is 1.77. The first-order valence-electron chi connectivity index (χ1n) is 5.53. The van der Waals surface area contributed by atoms with E-state index in [0.29, 0.717) is 17.0 Å². The molecule has 1 unspecified atom stereocenters. The van der Waals surface area contributed by atoms with Crippen molar-refractivity contribution in [2.75, 3.05) is 24.3 Å². The Bertz CT molecular complexity index is 343. The monoisotopic (exact) mass is 242 g/mol. The molecule has 4 nitrogen and oxygen atoms in total. The van der Waals surface area contributed by atoms with Gasteiger partial charge in [-0.05, 0) is 13.3 Å². The molecule has 1 aromatic heterocycles. The maximum absolute atomic E-state index is 6.10. The second-order valence-corrected chi connectivity index (χ2v) is 4.27. The lowest BCUT2D eigenvalue weighted by Gasteiger charge is -2.26. The van der Waals surface area contributed by atoms with Crippen LogP contribution in [0.3, 0.4) is 0 Å². The first kappa shape index (κ1) is 13.0. The summed E-state index contributed by atoms with van der Waals surface area (Å²) in [7, 11) is 3.80. The Kier molecular flexibility index (Phi) is 4.80. The number of nitrogens with one attached hydrogen (secondary N) is 1. The summed E-state index contributed by atoms with van der Waals surface area (Å²) in [5.74, 6) is 1.37. The zero-order valence-corrected chi connectivity index (χ0v) is 11.0. The first-order chi connectivity index (χ1) is 7.60. The van der Waals surface area contributed by atoms with Crippen molar-refractivity contribution in [1.29, 1.82) is 0 Å². The molecule has 1 atom stereocenters. The molecule has 0 radical (unpaired) electrons. The molecule has 0 fully saturated rings. The van der Waals surface area contributed by atoms with Crippen LogP contribution in [0.2, 0.25) is 5.02 Å². The minimum absolute atomic E-state index is 0.419. The Morgan fingerprint density at radius 1 is 1.56 bits per heavy atom. The van der Waals surface area contributed by atoms with Gasteiger partial charge in [-0.25, -0.2) is 4.98 Å². The minimum Gasteiger partial charge on any atom is -0.357 e. The Balaban J connectivity index is 2.92. The van der Waals surface area contributed by atoms with Crippen LogP contribution in [0.25, 0.3) is 0 Å². The highest BCUT2D eigenvalue weighted by Crippen LogP contribution is 2.25. The molecule has 5 heteroatoms. The predicted molar refractivity (Wildman–Crippen MR) is 69.4 cm³/mol. The van der Waals surface area contributed by atoms with Crippen molar-refractivity contribution in [3.63, 3.8) is 0 Å². The Hall–Kier alpha value is -1.03. The van der Waals surface area contributed by atoms with Gasteiger partial charge in [0.25, 0.3) is 0 Å². The van der Waals surface area contributed by atoms with Crippen molar-refractivity contribution in [1.82, 2.24) is 9.97 Å². The third-order valence-corrected chi connectivity index (χ3v) is 2.92. The van der Waals surface area contributed by atoms with Crippen LogP contribution < -0.4 is 10.2 Å². The van der Waals surface area contributed by atoms with E-state index in [1.807, 2.05) is 7.05 Å². The standard InChI is InChI=1S/C11H19ClN4/c1-5-6-8(2)16(4)10-9(12)7-14-11(13-3)15-10/h7-8H,5-6H2,1-4H3,(H,13,14,15). The zero-order valence-electron chi connectivity index (χ0n) is 10.3. The molecule has 0 saturated heterocycles. The number of hydrogen-bond donors (Lipinski definition) is 1. The van der Waals surface area contributed by atoms with Gasteiger partial charge in [0.2, 0.25) is 5.95 Å². The average Bonchev–Trinajstić information content (AvgIpc) is 2.29. The molecule has 0 aliphatic rings. The van der Waals surface area contributed by atoms with Crippen molar-refractivity contribution < 1.29 is 0 Å². The van der Waals surface area contributed by atoms with Gasteiger partial charge < -0.3 is 10.2 Å². The number of anilines is 2. The van der Waals surface area contributed by atoms with Gasteiger partial charge in [0.15, 0.2) is 5.82 Å². The largest absolute Gasteiger partial charge is 0.357 e. The number of rotatable bonds is 5. The summed E-state index contributed by atoms with van der Waals surface area (Å²) in [6.45, 7) is 4.34. The number of halogens is 1. The van der Waals surface area contributed by atoms with E-state index < -0.39 is 0 Å². The zero-order chi connectivity index (χ0) is 12.1. The van der Waals surface area contributed by atoms with E-state index in [2.05, 4.69) is 34.0 Å². The molecule has 1 N–H and O–H groups in total. The summed E-state index contributed by atoms with van der Waals surface area (Å²) in [4.78, 5) is 10.5. The lowest BCUT2D eigenvalue weighted by Crippen LogP contribution is -2.29. The van der Waals surface area contributed by atoms with Gasteiger partial charge >= 0.3 is 0 Å². The molecule has 90 valence electrons. The number of aromatic nitrogens is 2. The fourth-order valence-electron chi connectivity index (χ4n) is 1.55. The summed E-state index contributed by atoms with van der Waals surface area (Å²) >= 11 is 6.10. The Morgan fingerprint density at radius 2 is 2.25 bits per heavy atom. The molecule has 0 amide bonds. The molecule has 0 aliphatic heterocycles. The average molecular weight is 243 g/mol. The summed E-state index contributed by atoms with van der Waals surface area (Å²) in [5.41, 5.74) is 0. The number of hydrogen-bond acceptors (Lipinski definition) is 4. The second-order valence-electron chi connectivity index (χ2n) is 3.86. The normalized spacial score (nSPS) is 12.3. The highest BCUT2D eigenvalue weighted by atomic mass is 35.5. The van der Waals surface area contributed by atoms with Crippen LogP contribution >= 0.6 is 11.6 Å². The molecule has 0 bridgehead atoms. The minimum atomic E-state index is 0.419. The van der Waals surface area contributed by atoms with E-state index in [4.69, 9.17) is 11.6 Å². The van der Waals surface area contributed by atoms with Crippen molar-refractivity contribution >= 4 is 23.4 Å². The molecule has 1 rings (SSSR count). The van der Waals surface area contributed by atoms with Crippen LogP contribution in [0.15, 0.2) is 6.20 Å². The maximum Gasteiger partial charge on any atom is 0.224 e. The molecule has 0 aromatic carbocycles. The van der Waals surface area contributed by atoms with Gasteiger partial charge in [-0.15, -0.1) is 0 Å². The quantitative estimate of drug-likeness (QED) is 0.862. The predicted octanol–water partition coefficient (Wildman–Crippen LogP) is 2.80. The molecular weight excluding hydrogens is 224 g/mol. The van der Waals surface area contributed by atoms with Crippen molar-refractivity contribution in [3.05, 3.63) is 11.2 Å². The van der Waals surface area contributed by atoms with Gasteiger partial charge in [0.1, 0.15) is 5.02 Å².